The molecule has 8 heteroatoms. The van der Waals surface area contributed by atoms with Crippen molar-refractivity contribution in [2.24, 2.45) is 0 Å². The van der Waals surface area contributed by atoms with Crippen molar-refractivity contribution < 1.29 is 19.1 Å². The summed E-state index contributed by atoms with van der Waals surface area (Å²) in [5.74, 6) is -0.215. The predicted molar refractivity (Wildman–Crippen MR) is 108 cm³/mol. The van der Waals surface area contributed by atoms with E-state index in [1.54, 1.807) is 17.0 Å². The standard InChI is InChI=1S/C20H28ClN3O4/c1-13-12-16(21)23-15(8-11-27-5)17(13)18(25)22-14-6-9-24(10-7-14)19(26)28-20(2,3)4/h8,11-12,14H,6-7,9-10H2,1-5H3,(H,22,25)/b11-8+. The van der Waals surface area contributed by atoms with Crippen molar-refractivity contribution in [3.05, 3.63) is 34.3 Å². The van der Waals surface area contributed by atoms with Crippen LogP contribution >= 0.6 is 11.6 Å². The lowest BCUT2D eigenvalue weighted by atomic mass is 10.0. The van der Waals surface area contributed by atoms with Crippen molar-refractivity contribution >= 4 is 29.7 Å². The molecule has 0 bridgehead atoms. The van der Waals surface area contributed by atoms with E-state index in [1.165, 1.54) is 13.4 Å². The lowest BCUT2D eigenvalue weighted by Crippen LogP contribution is -2.48. The van der Waals surface area contributed by atoms with Gasteiger partial charge in [0.25, 0.3) is 5.91 Å². The van der Waals surface area contributed by atoms with E-state index in [1.807, 2.05) is 27.7 Å². The maximum Gasteiger partial charge on any atom is 0.410 e. The Morgan fingerprint density at radius 2 is 1.96 bits per heavy atom. The van der Waals surface area contributed by atoms with Gasteiger partial charge in [-0.2, -0.15) is 0 Å². The molecule has 1 fully saturated rings. The van der Waals surface area contributed by atoms with E-state index in [2.05, 4.69) is 10.3 Å². The monoisotopic (exact) mass is 409 g/mol. The number of nitrogens with zero attached hydrogens (tertiary/aromatic N) is 2. The minimum atomic E-state index is -0.520. The fourth-order valence-corrected chi connectivity index (χ4v) is 3.25. The Labute approximate surface area is 171 Å². The first-order chi connectivity index (χ1) is 13.1. The molecule has 154 valence electrons. The van der Waals surface area contributed by atoms with Crippen LogP contribution in [0.1, 0.15) is 55.2 Å². The Balaban J connectivity index is 2.02. The Kier molecular flexibility index (Phi) is 7.29. The SMILES string of the molecule is CO/C=C/c1nc(Cl)cc(C)c1C(=O)NC1CCN(C(=O)OC(C)(C)C)CC1. The van der Waals surface area contributed by atoms with Gasteiger partial charge in [-0.1, -0.05) is 11.6 Å². The Morgan fingerprint density at radius 3 is 2.54 bits per heavy atom. The number of amides is 2. The topological polar surface area (TPSA) is 80.8 Å². The van der Waals surface area contributed by atoms with Crippen LogP contribution in [0.15, 0.2) is 12.3 Å². The lowest BCUT2D eigenvalue weighted by molar-refractivity contribution is 0.0199. The number of halogens is 1. The summed E-state index contributed by atoms with van der Waals surface area (Å²) in [5, 5.41) is 3.36. The van der Waals surface area contributed by atoms with Crippen molar-refractivity contribution in [1.82, 2.24) is 15.2 Å². The predicted octanol–water partition coefficient (Wildman–Crippen LogP) is 3.79. The Hall–Kier alpha value is -2.28. The van der Waals surface area contributed by atoms with E-state index in [-0.39, 0.29) is 18.0 Å². The number of piperidine rings is 1. The van der Waals surface area contributed by atoms with Crippen LogP contribution in [0.3, 0.4) is 0 Å². The fourth-order valence-electron chi connectivity index (χ4n) is 3.00. The molecule has 1 aromatic heterocycles. The summed E-state index contributed by atoms with van der Waals surface area (Å²) in [4.78, 5) is 30.9. The Bertz CT molecular complexity index is 751. The lowest BCUT2D eigenvalue weighted by Gasteiger charge is -2.33. The number of carbonyl (C=O) groups is 2. The quantitative estimate of drug-likeness (QED) is 0.604. The highest BCUT2D eigenvalue weighted by molar-refractivity contribution is 6.29. The minimum Gasteiger partial charge on any atom is -0.504 e. The minimum absolute atomic E-state index is 0.0273. The normalized spacial score (nSPS) is 15.6. The van der Waals surface area contributed by atoms with E-state index >= 15 is 0 Å². The van der Waals surface area contributed by atoms with Gasteiger partial charge in [-0.15, -0.1) is 0 Å². The van der Waals surface area contributed by atoms with Crippen LogP contribution in [-0.4, -0.2) is 53.7 Å². The molecule has 1 N–H and O–H groups in total. The van der Waals surface area contributed by atoms with Gasteiger partial charge in [0.1, 0.15) is 10.8 Å². The average molecular weight is 410 g/mol. The number of rotatable bonds is 4. The number of aryl methyl sites for hydroxylation is 1. The van der Waals surface area contributed by atoms with Crippen LogP contribution in [0.5, 0.6) is 0 Å². The molecule has 1 aromatic rings. The largest absolute Gasteiger partial charge is 0.504 e. The molecule has 2 amide bonds. The van der Waals surface area contributed by atoms with Crippen molar-refractivity contribution in [3.63, 3.8) is 0 Å². The van der Waals surface area contributed by atoms with Gasteiger partial charge in [0.2, 0.25) is 0 Å². The molecular formula is C20H28ClN3O4. The number of carbonyl (C=O) groups excluding carboxylic acids is 2. The van der Waals surface area contributed by atoms with Crippen LogP contribution < -0.4 is 5.32 Å². The molecule has 0 unspecified atom stereocenters. The summed E-state index contributed by atoms with van der Waals surface area (Å²) in [6.07, 6.45) is 4.07. The summed E-state index contributed by atoms with van der Waals surface area (Å²) in [6, 6.07) is 1.63. The van der Waals surface area contributed by atoms with Crippen molar-refractivity contribution in [3.8, 4) is 0 Å². The number of nitrogens with one attached hydrogen (secondary N) is 1. The van der Waals surface area contributed by atoms with E-state index < -0.39 is 5.60 Å². The van der Waals surface area contributed by atoms with E-state index in [4.69, 9.17) is 21.1 Å². The van der Waals surface area contributed by atoms with Gasteiger partial charge in [0, 0.05) is 19.1 Å². The summed E-state index contributed by atoms with van der Waals surface area (Å²) >= 11 is 6.02. The van der Waals surface area contributed by atoms with Crippen molar-refractivity contribution in [2.45, 2.75) is 52.2 Å². The summed E-state index contributed by atoms with van der Waals surface area (Å²) in [6.45, 7) is 8.42. The summed E-state index contributed by atoms with van der Waals surface area (Å²) in [7, 11) is 1.52. The highest BCUT2D eigenvalue weighted by Crippen LogP contribution is 2.20. The van der Waals surface area contributed by atoms with Crippen LogP contribution in [0, 0.1) is 6.92 Å². The van der Waals surface area contributed by atoms with Crippen LogP contribution in [0.4, 0.5) is 4.79 Å². The summed E-state index contributed by atoms with van der Waals surface area (Å²) < 4.78 is 10.3. The zero-order valence-electron chi connectivity index (χ0n) is 17.0. The zero-order valence-corrected chi connectivity index (χ0v) is 17.8. The van der Waals surface area contributed by atoms with Gasteiger partial charge in [-0.3, -0.25) is 4.79 Å². The van der Waals surface area contributed by atoms with E-state index in [9.17, 15) is 9.59 Å². The number of hydrogen-bond acceptors (Lipinski definition) is 5. The second kappa shape index (κ2) is 9.28. The number of ether oxygens (including phenoxy) is 2. The number of pyridine rings is 1. The molecule has 1 aliphatic rings. The zero-order chi connectivity index (χ0) is 20.9. The molecule has 1 saturated heterocycles. The van der Waals surface area contributed by atoms with Crippen LogP contribution in [0.25, 0.3) is 6.08 Å². The van der Waals surface area contributed by atoms with Crippen LogP contribution in [0.2, 0.25) is 5.15 Å². The third-order valence-electron chi connectivity index (χ3n) is 4.28. The van der Waals surface area contributed by atoms with Gasteiger partial charge in [-0.05, 0) is 58.2 Å². The molecule has 0 spiro atoms. The van der Waals surface area contributed by atoms with Crippen molar-refractivity contribution in [2.75, 3.05) is 20.2 Å². The third kappa shape index (κ3) is 6.12. The first-order valence-corrected chi connectivity index (χ1v) is 9.64. The fraction of sp³-hybridized carbons (Fsp3) is 0.550. The molecule has 2 rings (SSSR count). The maximum absolute atomic E-state index is 12.9. The molecule has 0 saturated carbocycles. The van der Waals surface area contributed by atoms with Gasteiger partial charge >= 0.3 is 6.09 Å². The summed E-state index contributed by atoms with van der Waals surface area (Å²) in [5.41, 5.74) is 1.13. The Morgan fingerprint density at radius 1 is 1.32 bits per heavy atom. The second-order valence-electron chi connectivity index (χ2n) is 7.78. The van der Waals surface area contributed by atoms with Gasteiger partial charge < -0.3 is 19.7 Å². The molecule has 0 atom stereocenters. The first-order valence-electron chi connectivity index (χ1n) is 9.26. The molecule has 0 radical (unpaired) electrons. The molecular weight excluding hydrogens is 382 g/mol. The van der Waals surface area contributed by atoms with Crippen molar-refractivity contribution in [1.29, 1.82) is 0 Å². The van der Waals surface area contributed by atoms with Gasteiger partial charge in [0.15, 0.2) is 0 Å². The molecule has 0 aromatic carbocycles. The highest BCUT2D eigenvalue weighted by atomic mass is 35.5. The van der Waals surface area contributed by atoms with Gasteiger partial charge in [0.05, 0.1) is 24.6 Å². The second-order valence-corrected chi connectivity index (χ2v) is 8.16. The van der Waals surface area contributed by atoms with E-state index in [0.717, 1.165) is 5.56 Å². The molecule has 2 heterocycles. The smallest absolute Gasteiger partial charge is 0.410 e. The molecule has 0 aliphatic carbocycles. The van der Waals surface area contributed by atoms with Crippen LogP contribution in [-0.2, 0) is 9.47 Å². The number of aromatic nitrogens is 1. The molecule has 7 nitrogen and oxygen atoms in total. The van der Waals surface area contributed by atoms with E-state index in [0.29, 0.717) is 42.3 Å². The maximum atomic E-state index is 12.9. The van der Waals surface area contributed by atoms with Gasteiger partial charge in [-0.25, -0.2) is 9.78 Å². The first kappa shape index (κ1) is 22.0. The highest BCUT2D eigenvalue weighted by Gasteiger charge is 2.28. The molecule has 28 heavy (non-hydrogen) atoms. The average Bonchev–Trinajstić information content (AvgIpc) is 2.58. The number of likely N-dealkylation sites (tertiary alicyclic amines) is 1. The third-order valence-corrected chi connectivity index (χ3v) is 4.48. The number of methoxy groups -OCH3 is 1. The number of hydrogen-bond donors (Lipinski definition) is 1. The molecule has 1 aliphatic heterocycles.